The Balaban J connectivity index is 1.62. The molecule has 3 rings (SSSR count). The maximum absolute atomic E-state index is 12.8. The van der Waals surface area contributed by atoms with Crippen LogP contribution in [-0.2, 0) is 23.9 Å². The number of alkyl halides is 3. The van der Waals surface area contributed by atoms with Crippen LogP contribution >= 0.6 is 0 Å². The van der Waals surface area contributed by atoms with Crippen LogP contribution in [0.1, 0.15) is 22.5 Å². The van der Waals surface area contributed by atoms with Crippen molar-refractivity contribution in [2.45, 2.75) is 32.2 Å². The maximum Gasteiger partial charge on any atom is 0.416 e. The summed E-state index contributed by atoms with van der Waals surface area (Å²) in [7, 11) is 0. The Kier molecular flexibility index (Phi) is 5.39. The fourth-order valence-electron chi connectivity index (χ4n) is 3.10. The second kappa shape index (κ2) is 7.54. The molecule has 0 saturated carbocycles. The van der Waals surface area contributed by atoms with Gasteiger partial charge in [-0.05, 0) is 37.1 Å². The number of hydrogen-bond acceptors (Lipinski definition) is 3. The van der Waals surface area contributed by atoms with Crippen molar-refractivity contribution in [2.75, 3.05) is 19.7 Å². The minimum absolute atomic E-state index is 0.109. The van der Waals surface area contributed by atoms with E-state index in [0.29, 0.717) is 25.1 Å². The van der Waals surface area contributed by atoms with Gasteiger partial charge in [-0.1, -0.05) is 24.3 Å². The largest absolute Gasteiger partial charge is 0.416 e. The van der Waals surface area contributed by atoms with Crippen molar-refractivity contribution in [3.8, 4) is 0 Å². The van der Waals surface area contributed by atoms with Gasteiger partial charge in [0, 0.05) is 25.3 Å². The molecule has 25 heavy (non-hydrogen) atoms. The first-order valence-corrected chi connectivity index (χ1v) is 8.33. The molecular formula is C19H21F3N2O. The van der Waals surface area contributed by atoms with Gasteiger partial charge in [0.25, 0.3) is 0 Å². The van der Waals surface area contributed by atoms with E-state index in [2.05, 4.69) is 9.88 Å². The third-order valence-corrected chi connectivity index (χ3v) is 4.27. The zero-order valence-electron chi connectivity index (χ0n) is 14.1. The van der Waals surface area contributed by atoms with Gasteiger partial charge in [0.05, 0.1) is 24.0 Å². The van der Waals surface area contributed by atoms with Crippen LogP contribution in [0.4, 0.5) is 13.2 Å². The van der Waals surface area contributed by atoms with E-state index in [1.54, 1.807) is 6.07 Å². The lowest BCUT2D eigenvalue weighted by Crippen LogP contribution is -2.43. The summed E-state index contributed by atoms with van der Waals surface area (Å²) in [5, 5.41) is 0. The highest BCUT2D eigenvalue weighted by Crippen LogP contribution is 2.30. The average molecular weight is 350 g/mol. The van der Waals surface area contributed by atoms with Crippen LogP contribution < -0.4 is 0 Å². The van der Waals surface area contributed by atoms with Crippen LogP contribution in [0.15, 0.2) is 42.5 Å². The summed E-state index contributed by atoms with van der Waals surface area (Å²) in [6, 6.07) is 11.4. The fraction of sp³-hybridized carbons (Fsp3) is 0.421. The Bertz CT molecular complexity index is 718. The minimum Gasteiger partial charge on any atom is -0.375 e. The van der Waals surface area contributed by atoms with E-state index in [4.69, 9.17) is 4.74 Å². The van der Waals surface area contributed by atoms with E-state index in [-0.39, 0.29) is 6.10 Å². The molecule has 3 nitrogen and oxygen atoms in total. The highest BCUT2D eigenvalue weighted by Gasteiger charge is 2.30. The number of hydrogen-bond donors (Lipinski definition) is 0. The summed E-state index contributed by atoms with van der Waals surface area (Å²) < 4.78 is 44.3. The molecule has 0 amide bonds. The van der Waals surface area contributed by atoms with Crippen LogP contribution in [0, 0.1) is 6.92 Å². The van der Waals surface area contributed by atoms with Crippen molar-refractivity contribution >= 4 is 0 Å². The van der Waals surface area contributed by atoms with E-state index in [9.17, 15) is 13.2 Å². The molecule has 2 aromatic rings. The normalized spacial score (nSPS) is 19.1. The van der Waals surface area contributed by atoms with Crippen LogP contribution in [0.5, 0.6) is 0 Å². The summed E-state index contributed by atoms with van der Waals surface area (Å²) in [5.74, 6) is 0. The van der Waals surface area contributed by atoms with Gasteiger partial charge in [0.1, 0.15) is 0 Å². The molecule has 1 atom stereocenters. The van der Waals surface area contributed by atoms with Gasteiger partial charge in [-0.25, -0.2) is 0 Å². The van der Waals surface area contributed by atoms with Crippen molar-refractivity contribution in [3.63, 3.8) is 0 Å². The third-order valence-electron chi connectivity index (χ3n) is 4.27. The Morgan fingerprint density at radius 2 is 2.00 bits per heavy atom. The molecule has 6 heteroatoms. The zero-order chi connectivity index (χ0) is 17.9. The monoisotopic (exact) mass is 350 g/mol. The van der Waals surface area contributed by atoms with Crippen molar-refractivity contribution in [1.82, 2.24) is 9.88 Å². The summed E-state index contributed by atoms with van der Waals surface area (Å²) in [6.45, 7) is 4.75. The molecule has 1 aromatic heterocycles. The number of nitrogens with zero attached hydrogens (tertiary/aromatic N) is 2. The molecule has 1 unspecified atom stereocenters. The summed E-state index contributed by atoms with van der Waals surface area (Å²) in [4.78, 5) is 6.75. The second-order valence-corrected chi connectivity index (χ2v) is 6.40. The van der Waals surface area contributed by atoms with Gasteiger partial charge in [-0.15, -0.1) is 0 Å². The molecule has 0 aliphatic carbocycles. The number of rotatable bonds is 4. The molecule has 1 aliphatic rings. The van der Waals surface area contributed by atoms with Crippen molar-refractivity contribution in [1.29, 1.82) is 0 Å². The van der Waals surface area contributed by atoms with E-state index in [1.165, 1.54) is 12.1 Å². The molecule has 0 N–H and O–H groups in total. The second-order valence-electron chi connectivity index (χ2n) is 6.40. The van der Waals surface area contributed by atoms with Gasteiger partial charge in [0.15, 0.2) is 0 Å². The molecule has 134 valence electrons. The van der Waals surface area contributed by atoms with Crippen LogP contribution in [0.3, 0.4) is 0 Å². The summed E-state index contributed by atoms with van der Waals surface area (Å²) in [5.41, 5.74) is 2.02. The van der Waals surface area contributed by atoms with E-state index in [0.717, 1.165) is 30.5 Å². The van der Waals surface area contributed by atoms with Gasteiger partial charge in [-0.3, -0.25) is 9.88 Å². The molecule has 1 aromatic carbocycles. The molecular weight excluding hydrogens is 329 g/mol. The first kappa shape index (κ1) is 17.9. The Morgan fingerprint density at radius 3 is 2.76 bits per heavy atom. The SMILES string of the molecule is Cc1cccc(CN2CCOC(Cc3cccc(C(F)(F)F)c3)C2)n1. The maximum atomic E-state index is 12.8. The van der Waals surface area contributed by atoms with Gasteiger partial charge >= 0.3 is 6.18 Å². The molecule has 1 fully saturated rings. The number of benzene rings is 1. The Labute approximate surface area is 145 Å². The molecule has 2 heterocycles. The summed E-state index contributed by atoms with van der Waals surface area (Å²) in [6.07, 6.45) is -3.95. The van der Waals surface area contributed by atoms with Gasteiger partial charge < -0.3 is 4.74 Å². The lowest BCUT2D eigenvalue weighted by molar-refractivity contribution is -0.137. The standard InChI is InChI=1S/C19H21F3N2O/c1-14-4-2-7-17(23-14)12-24-8-9-25-18(13-24)11-15-5-3-6-16(10-15)19(20,21)22/h2-7,10,18H,8-9,11-13H2,1H3. The van der Waals surface area contributed by atoms with Crippen LogP contribution in [0.2, 0.25) is 0 Å². The predicted octanol–water partition coefficient (Wildman–Crippen LogP) is 3.85. The first-order chi connectivity index (χ1) is 11.9. The average Bonchev–Trinajstić information content (AvgIpc) is 2.55. The molecule has 1 aliphatic heterocycles. The lowest BCUT2D eigenvalue weighted by atomic mass is 10.0. The zero-order valence-corrected chi connectivity index (χ0v) is 14.1. The smallest absolute Gasteiger partial charge is 0.375 e. The van der Waals surface area contributed by atoms with E-state index < -0.39 is 11.7 Å². The number of halogens is 3. The van der Waals surface area contributed by atoms with Gasteiger partial charge in [-0.2, -0.15) is 13.2 Å². The minimum atomic E-state index is -4.31. The van der Waals surface area contributed by atoms with Crippen molar-refractivity contribution in [2.24, 2.45) is 0 Å². The molecule has 0 radical (unpaired) electrons. The predicted molar refractivity (Wildman–Crippen MR) is 89.1 cm³/mol. The number of aryl methyl sites for hydroxylation is 1. The molecule has 0 bridgehead atoms. The summed E-state index contributed by atoms with van der Waals surface area (Å²) >= 11 is 0. The number of morpholine rings is 1. The number of pyridine rings is 1. The number of aromatic nitrogens is 1. The highest BCUT2D eigenvalue weighted by molar-refractivity contribution is 5.26. The molecule has 1 saturated heterocycles. The highest BCUT2D eigenvalue weighted by atomic mass is 19.4. The fourth-order valence-corrected chi connectivity index (χ4v) is 3.10. The Hall–Kier alpha value is -1.92. The van der Waals surface area contributed by atoms with Crippen LogP contribution in [0.25, 0.3) is 0 Å². The lowest BCUT2D eigenvalue weighted by Gasteiger charge is -2.33. The molecule has 0 spiro atoms. The van der Waals surface area contributed by atoms with E-state index >= 15 is 0 Å². The van der Waals surface area contributed by atoms with Crippen molar-refractivity contribution < 1.29 is 17.9 Å². The first-order valence-electron chi connectivity index (χ1n) is 8.33. The third kappa shape index (κ3) is 5.03. The van der Waals surface area contributed by atoms with E-state index in [1.807, 2.05) is 25.1 Å². The van der Waals surface area contributed by atoms with Crippen molar-refractivity contribution in [3.05, 3.63) is 65.0 Å². The van der Waals surface area contributed by atoms with Gasteiger partial charge in [0.2, 0.25) is 0 Å². The quantitative estimate of drug-likeness (QED) is 0.837. The van der Waals surface area contributed by atoms with Crippen LogP contribution in [-0.4, -0.2) is 35.7 Å². The number of ether oxygens (including phenoxy) is 1. The topological polar surface area (TPSA) is 25.4 Å². The Morgan fingerprint density at radius 1 is 1.20 bits per heavy atom.